The SMILES string of the molecule is Cc1coc(Sc2nc(NN)nc(N3CCCC3)n2)n1. The van der Waals surface area contributed by atoms with Crippen LogP contribution in [-0.2, 0) is 0 Å². The van der Waals surface area contributed by atoms with E-state index in [0.29, 0.717) is 22.3 Å². The summed E-state index contributed by atoms with van der Waals surface area (Å²) in [6.07, 6.45) is 3.89. The zero-order valence-electron chi connectivity index (χ0n) is 11.0. The third-order valence-corrected chi connectivity index (χ3v) is 3.62. The maximum absolute atomic E-state index is 5.41. The summed E-state index contributed by atoms with van der Waals surface area (Å²) >= 11 is 1.25. The van der Waals surface area contributed by atoms with Crippen molar-refractivity contribution in [3.8, 4) is 0 Å². The van der Waals surface area contributed by atoms with Crippen LogP contribution in [0.1, 0.15) is 18.5 Å². The summed E-state index contributed by atoms with van der Waals surface area (Å²) in [4.78, 5) is 19.3. The van der Waals surface area contributed by atoms with Gasteiger partial charge in [-0.15, -0.1) is 0 Å². The number of nitrogens with zero attached hydrogens (tertiary/aromatic N) is 5. The van der Waals surface area contributed by atoms with Gasteiger partial charge in [-0.1, -0.05) is 0 Å². The van der Waals surface area contributed by atoms with Crippen molar-refractivity contribution in [2.75, 3.05) is 23.4 Å². The Morgan fingerprint density at radius 3 is 2.70 bits per heavy atom. The Morgan fingerprint density at radius 1 is 1.25 bits per heavy atom. The first kappa shape index (κ1) is 13.1. The van der Waals surface area contributed by atoms with Crippen molar-refractivity contribution in [3.05, 3.63) is 12.0 Å². The van der Waals surface area contributed by atoms with Gasteiger partial charge in [-0.05, 0) is 19.8 Å². The second kappa shape index (κ2) is 5.63. The van der Waals surface area contributed by atoms with Crippen LogP contribution in [-0.4, -0.2) is 33.0 Å². The molecule has 20 heavy (non-hydrogen) atoms. The Bertz CT molecular complexity index is 596. The number of anilines is 2. The number of nitrogens with one attached hydrogen (secondary N) is 1. The molecule has 0 aromatic carbocycles. The molecule has 0 amide bonds. The van der Waals surface area contributed by atoms with Crippen LogP contribution in [0, 0.1) is 6.92 Å². The van der Waals surface area contributed by atoms with E-state index in [4.69, 9.17) is 10.3 Å². The zero-order valence-corrected chi connectivity index (χ0v) is 11.9. The molecule has 0 spiro atoms. The molecular weight excluding hydrogens is 278 g/mol. The molecule has 0 unspecified atom stereocenters. The van der Waals surface area contributed by atoms with E-state index in [0.717, 1.165) is 31.6 Å². The lowest BCUT2D eigenvalue weighted by Gasteiger charge is -2.15. The number of hydrogen-bond donors (Lipinski definition) is 2. The quantitative estimate of drug-likeness (QED) is 0.635. The van der Waals surface area contributed by atoms with E-state index in [1.165, 1.54) is 11.8 Å². The number of rotatable bonds is 4. The first-order valence-corrected chi connectivity index (χ1v) is 7.14. The molecule has 0 saturated carbocycles. The van der Waals surface area contributed by atoms with Gasteiger partial charge in [-0.3, -0.25) is 5.43 Å². The van der Waals surface area contributed by atoms with E-state index >= 15 is 0 Å². The van der Waals surface area contributed by atoms with Gasteiger partial charge in [0, 0.05) is 24.9 Å². The Hall–Kier alpha value is -1.87. The summed E-state index contributed by atoms with van der Waals surface area (Å²) in [5.41, 5.74) is 3.29. The van der Waals surface area contributed by atoms with Crippen molar-refractivity contribution in [3.63, 3.8) is 0 Å². The highest BCUT2D eigenvalue weighted by atomic mass is 32.2. The van der Waals surface area contributed by atoms with E-state index in [-0.39, 0.29) is 0 Å². The third-order valence-electron chi connectivity index (χ3n) is 2.90. The predicted octanol–water partition coefficient (Wildman–Crippen LogP) is 1.21. The second-order valence-electron chi connectivity index (χ2n) is 4.44. The fourth-order valence-corrected chi connectivity index (χ4v) is 2.67. The number of hydrazine groups is 1. The van der Waals surface area contributed by atoms with Gasteiger partial charge in [0.05, 0.1) is 5.69 Å². The average molecular weight is 293 g/mol. The van der Waals surface area contributed by atoms with Gasteiger partial charge in [-0.2, -0.15) is 15.0 Å². The lowest BCUT2D eigenvalue weighted by molar-refractivity contribution is 0.453. The van der Waals surface area contributed by atoms with Crippen molar-refractivity contribution < 1.29 is 4.42 Å². The number of aromatic nitrogens is 4. The molecule has 106 valence electrons. The molecular formula is C11H15N7OS. The van der Waals surface area contributed by atoms with E-state index in [9.17, 15) is 0 Å². The molecule has 0 atom stereocenters. The highest BCUT2D eigenvalue weighted by Crippen LogP contribution is 2.26. The summed E-state index contributed by atoms with van der Waals surface area (Å²) < 4.78 is 5.29. The van der Waals surface area contributed by atoms with Crippen LogP contribution >= 0.6 is 11.8 Å². The minimum absolute atomic E-state index is 0.340. The largest absolute Gasteiger partial charge is 0.439 e. The first-order chi connectivity index (χ1) is 9.74. The first-order valence-electron chi connectivity index (χ1n) is 6.32. The summed E-state index contributed by atoms with van der Waals surface area (Å²) in [7, 11) is 0. The fourth-order valence-electron chi connectivity index (χ4n) is 1.97. The molecule has 9 heteroatoms. The Kier molecular flexibility index (Phi) is 3.70. The van der Waals surface area contributed by atoms with Crippen LogP contribution < -0.4 is 16.2 Å². The Labute approximate surface area is 120 Å². The van der Waals surface area contributed by atoms with Crippen LogP contribution in [0.2, 0.25) is 0 Å². The molecule has 0 radical (unpaired) electrons. The average Bonchev–Trinajstić information content (AvgIpc) is 3.10. The molecule has 1 aliphatic heterocycles. The maximum atomic E-state index is 5.41. The van der Waals surface area contributed by atoms with Gasteiger partial charge in [-0.25, -0.2) is 10.8 Å². The number of oxazole rings is 1. The van der Waals surface area contributed by atoms with Crippen LogP contribution in [0.25, 0.3) is 0 Å². The topological polar surface area (TPSA) is 106 Å². The van der Waals surface area contributed by atoms with Crippen LogP contribution in [0.15, 0.2) is 21.1 Å². The van der Waals surface area contributed by atoms with Crippen molar-refractivity contribution in [1.82, 2.24) is 19.9 Å². The standard InChI is InChI=1S/C11H15N7OS/c1-7-6-19-11(13-7)20-10-15-8(17-12)14-9(16-10)18-4-2-3-5-18/h6H,2-5,12H2,1H3,(H,14,15,16,17). The Morgan fingerprint density at radius 2 is 2.05 bits per heavy atom. The van der Waals surface area contributed by atoms with Crippen molar-refractivity contribution in [1.29, 1.82) is 0 Å². The molecule has 3 rings (SSSR count). The number of nitrogens with two attached hydrogens (primary N) is 1. The lowest BCUT2D eigenvalue weighted by Crippen LogP contribution is -2.22. The van der Waals surface area contributed by atoms with Gasteiger partial charge >= 0.3 is 0 Å². The molecule has 1 fully saturated rings. The summed E-state index contributed by atoms with van der Waals surface area (Å²) in [6, 6.07) is 0. The van der Waals surface area contributed by atoms with E-state index in [1.54, 1.807) is 6.26 Å². The molecule has 1 aliphatic rings. The lowest BCUT2D eigenvalue weighted by atomic mass is 10.4. The van der Waals surface area contributed by atoms with Gasteiger partial charge in [0.25, 0.3) is 5.22 Å². The van der Waals surface area contributed by atoms with Gasteiger partial charge in [0.2, 0.25) is 17.1 Å². The van der Waals surface area contributed by atoms with E-state index in [2.05, 4.69) is 30.3 Å². The minimum atomic E-state index is 0.340. The smallest absolute Gasteiger partial charge is 0.263 e. The third kappa shape index (κ3) is 2.83. The minimum Gasteiger partial charge on any atom is -0.439 e. The maximum Gasteiger partial charge on any atom is 0.263 e. The number of hydrogen-bond acceptors (Lipinski definition) is 9. The van der Waals surface area contributed by atoms with Crippen LogP contribution in [0.5, 0.6) is 0 Å². The number of aryl methyl sites for hydroxylation is 1. The molecule has 2 aromatic rings. The monoisotopic (exact) mass is 293 g/mol. The van der Waals surface area contributed by atoms with E-state index in [1.807, 2.05) is 6.92 Å². The highest BCUT2D eigenvalue weighted by molar-refractivity contribution is 7.98. The summed E-state index contributed by atoms with van der Waals surface area (Å²) in [5.74, 6) is 6.39. The number of nitrogen functional groups attached to an aromatic ring is 1. The highest BCUT2D eigenvalue weighted by Gasteiger charge is 2.18. The molecule has 3 N–H and O–H groups in total. The summed E-state index contributed by atoms with van der Waals surface area (Å²) in [5, 5.41) is 1.01. The molecule has 0 aliphatic carbocycles. The van der Waals surface area contributed by atoms with Gasteiger partial charge in [0.1, 0.15) is 6.26 Å². The van der Waals surface area contributed by atoms with Crippen LogP contribution in [0.3, 0.4) is 0 Å². The van der Waals surface area contributed by atoms with Crippen molar-refractivity contribution in [2.45, 2.75) is 30.1 Å². The fraction of sp³-hybridized carbons (Fsp3) is 0.455. The zero-order chi connectivity index (χ0) is 13.9. The normalized spacial score (nSPS) is 14.8. The second-order valence-corrected chi connectivity index (χ2v) is 5.36. The molecule has 1 saturated heterocycles. The predicted molar refractivity (Wildman–Crippen MR) is 74.4 cm³/mol. The molecule has 3 heterocycles. The van der Waals surface area contributed by atoms with E-state index < -0.39 is 0 Å². The molecule has 0 bridgehead atoms. The van der Waals surface area contributed by atoms with Crippen molar-refractivity contribution >= 4 is 23.7 Å². The van der Waals surface area contributed by atoms with Crippen molar-refractivity contribution in [2.24, 2.45) is 5.84 Å². The Balaban J connectivity index is 1.87. The molecule has 8 nitrogen and oxygen atoms in total. The molecule has 2 aromatic heterocycles. The van der Waals surface area contributed by atoms with Gasteiger partial charge in [0.15, 0.2) is 0 Å². The summed E-state index contributed by atoms with van der Waals surface area (Å²) in [6.45, 7) is 3.77. The van der Waals surface area contributed by atoms with Gasteiger partial charge < -0.3 is 9.32 Å². The van der Waals surface area contributed by atoms with Crippen LogP contribution in [0.4, 0.5) is 11.9 Å².